The molecule has 1 unspecified atom stereocenters. The number of allylic oxidation sites excluding steroid dienone is 2. The summed E-state index contributed by atoms with van der Waals surface area (Å²) < 4.78 is 0. The number of hydrogen-bond donors (Lipinski definition) is 0. The average Bonchev–Trinajstić information content (AvgIpc) is 2.45. The Labute approximate surface area is 129 Å². The Morgan fingerprint density at radius 3 is 1.75 bits per heavy atom. The third-order valence-corrected chi connectivity index (χ3v) is 4.35. The van der Waals surface area contributed by atoms with Gasteiger partial charge in [0.2, 0.25) is 0 Å². The van der Waals surface area contributed by atoms with Gasteiger partial charge in [-0.1, -0.05) is 103 Å². The molecule has 0 radical (unpaired) electrons. The van der Waals surface area contributed by atoms with Crippen LogP contribution in [0.4, 0.5) is 0 Å². The zero-order valence-electron chi connectivity index (χ0n) is 14.6. The molecule has 0 aliphatic rings. The average molecular weight is 281 g/mol. The lowest BCUT2D eigenvalue weighted by molar-refractivity contribution is 0.432. The molecule has 0 spiro atoms. The summed E-state index contributed by atoms with van der Waals surface area (Å²) in [6.45, 7) is 6.87. The summed E-state index contributed by atoms with van der Waals surface area (Å²) in [7, 11) is 0. The Bertz CT molecular complexity index is 192. The molecule has 120 valence electrons. The number of hydrogen-bond acceptors (Lipinski definition) is 0. The van der Waals surface area contributed by atoms with Crippen molar-refractivity contribution in [2.75, 3.05) is 0 Å². The maximum Gasteiger partial charge on any atom is -0.0351 e. The summed E-state index contributed by atoms with van der Waals surface area (Å²) in [5.74, 6) is 0.959. The molecule has 0 aliphatic carbocycles. The SMILES string of the molecule is C/C=C/CCCCCCC(C)CCCCCCCCC. The molecule has 0 amide bonds. The van der Waals surface area contributed by atoms with E-state index in [0.29, 0.717) is 0 Å². The lowest BCUT2D eigenvalue weighted by atomic mass is 9.96. The van der Waals surface area contributed by atoms with Crippen LogP contribution in [0.5, 0.6) is 0 Å². The summed E-state index contributed by atoms with van der Waals surface area (Å²) in [5, 5.41) is 0. The van der Waals surface area contributed by atoms with E-state index in [1.54, 1.807) is 0 Å². The Balaban J connectivity index is 3.14. The van der Waals surface area contributed by atoms with E-state index in [1.807, 2.05) is 0 Å². The van der Waals surface area contributed by atoms with Crippen molar-refractivity contribution in [3.05, 3.63) is 12.2 Å². The highest BCUT2D eigenvalue weighted by Gasteiger charge is 2.01. The second-order valence-electron chi connectivity index (χ2n) is 6.58. The molecule has 1 atom stereocenters. The lowest BCUT2D eigenvalue weighted by Crippen LogP contribution is -1.95. The van der Waals surface area contributed by atoms with Crippen molar-refractivity contribution < 1.29 is 0 Å². The van der Waals surface area contributed by atoms with Gasteiger partial charge in [-0.15, -0.1) is 0 Å². The third-order valence-electron chi connectivity index (χ3n) is 4.35. The van der Waals surface area contributed by atoms with E-state index in [-0.39, 0.29) is 0 Å². The van der Waals surface area contributed by atoms with Gasteiger partial charge in [0.1, 0.15) is 0 Å². The molecule has 0 aliphatic heterocycles. The van der Waals surface area contributed by atoms with Crippen molar-refractivity contribution in [2.24, 2.45) is 5.92 Å². The first kappa shape index (κ1) is 19.7. The molecule has 0 N–H and O–H groups in total. The minimum absolute atomic E-state index is 0.959. The van der Waals surface area contributed by atoms with Crippen molar-refractivity contribution in [1.29, 1.82) is 0 Å². The Kier molecular flexibility index (Phi) is 16.6. The molecule has 0 bridgehead atoms. The summed E-state index contributed by atoms with van der Waals surface area (Å²) in [6.07, 6.45) is 24.5. The van der Waals surface area contributed by atoms with E-state index in [0.717, 1.165) is 5.92 Å². The number of unbranched alkanes of at least 4 members (excludes halogenated alkanes) is 10. The summed E-state index contributed by atoms with van der Waals surface area (Å²) >= 11 is 0. The normalized spacial score (nSPS) is 13.2. The molecule has 0 saturated heterocycles. The van der Waals surface area contributed by atoms with Gasteiger partial charge in [-0.3, -0.25) is 0 Å². The van der Waals surface area contributed by atoms with Crippen LogP contribution in [0.2, 0.25) is 0 Å². The predicted molar refractivity (Wildman–Crippen MR) is 94.3 cm³/mol. The van der Waals surface area contributed by atoms with Gasteiger partial charge in [-0.25, -0.2) is 0 Å². The smallest absolute Gasteiger partial charge is 0.0351 e. The van der Waals surface area contributed by atoms with Gasteiger partial charge < -0.3 is 0 Å². The minimum atomic E-state index is 0.959. The van der Waals surface area contributed by atoms with Gasteiger partial charge in [0, 0.05) is 0 Å². The summed E-state index contributed by atoms with van der Waals surface area (Å²) in [5.41, 5.74) is 0. The van der Waals surface area contributed by atoms with Crippen LogP contribution < -0.4 is 0 Å². The minimum Gasteiger partial charge on any atom is -0.0917 e. The van der Waals surface area contributed by atoms with E-state index in [1.165, 1.54) is 89.9 Å². The zero-order chi connectivity index (χ0) is 14.9. The molecule has 0 aromatic heterocycles. The van der Waals surface area contributed by atoms with Crippen molar-refractivity contribution >= 4 is 0 Å². The van der Waals surface area contributed by atoms with Crippen LogP contribution >= 0.6 is 0 Å². The zero-order valence-corrected chi connectivity index (χ0v) is 14.6. The predicted octanol–water partition coefficient (Wildman–Crippen LogP) is 7.68. The van der Waals surface area contributed by atoms with Crippen LogP contribution in [0, 0.1) is 5.92 Å². The Morgan fingerprint density at radius 2 is 1.20 bits per heavy atom. The highest BCUT2D eigenvalue weighted by Crippen LogP contribution is 2.18. The van der Waals surface area contributed by atoms with Crippen LogP contribution in [-0.2, 0) is 0 Å². The highest BCUT2D eigenvalue weighted by atomic mass is 14.1. The van der Waals surface area contributed by atoms with Gasteiger partial charge in [0.15, 0.2) is 0 Å². The van der Waals surface area contributed by atoms with E-state index in [4.69, 9.17) is 0 Å². The van der Waals surface area contributed by atoms with Crippen LogP contribution in [0.15, 0.2) is 12.2 Å². The Morgan fingerprint density at radius 1 is 0.700 bits per heavy atom. The molecule has 0 nitrogen and oxygen atoms in total. The van der Waals surface area contributed by atoms with E-state index in [9.17, 15) is 0 Å². The molecule has 0 heterocycles. The van der Waals surface area contributed by atoms with Gasteiger partial charge in [-0.2, -0.15) is 0 Å². The van der Waals surface area contributed by atoms with E-state index >= 15 is 0 Å². The molecule has 0 aromatic carbocycles. The molecule has 0 heteroatoms. The summed E-state index contributed by atoms with van der Waals surface area (Å²) in [4.78, 5) is 0. The number of rotatable bonds is 15. The first-order valence-electron chi connectivity index (χ1n) is 9.42. The fraction of sp³-hybridized carbons (Fsp3) is 0.900. The van der Waals surface area contributed by atoms with Crippen molar-refractivity contribution in [3.63, 3.8) is 0 Å². The lowest BCUT2D eigenvalue weighted by Gasteiger charge is -2.10. The fourth-order valence-corrected chi connectivity index (χ4v) is 2.87. The van der Waals surface area contributed by atoms with Gasteiger partial charge in [0.25, 0.3) is 0 Å². The molecule has 20 heavy (non-hydrogen) atoms. The van der Waals surface area contributed by atoms with Crippen molar-refractivity contribution in [3.8, 4) is 0 Å². The third kappa shape index (κ3) is 15.8. The topological polar surface area (TPSA) is 0 Å². The monoisotopic (exact) mass is 280 g/mol. The quantitative estimate of drug-likeness (QED) is 0.213. The fourth-order valence-electron chi connectivity index (χ4n) is 2.87. The molecular weight excluding hydrogens is 240 g/mol. The van der Waals surface area contributed by atoms with Crippen molar-refractivity contribution in [1.82, 2.24) is 0 Å². The van der Waals surface area contributed by atoms with Crippen LogP contribution in [0.3, 0.4) is 0 Å². The molecule has 0 rings (SSSR count). The first-order valence-corrected chi connectivity index (χ1v) is 9.42. The summed E-state index contributed by atoms with van der Waals surface area (Å²) in [6, 6.07) is 0. The van der Waals surface area contributed by atoms with Crippen LogP contribution in [-0.4, -0.2) is 0 Å². The van der Waals surface area contributed by atoms with Crippen molar-refractivity contribution in [2.45, 2.75) is 111 Å². The largest absolute Gasteiger partial charge is 0.0917 e. The maximum atomic E-state index is 2.46. The van der Waals surface area contributed by atoms with Crippen LogP contribution in [0.1, 0.15) is 111 Å². The maximum absolute atomic E-state index is 2.46. The van der Waals surface area contributed by atoms with Crippen LogP contribution in [0.25, 0.3) is 0 Å². The highest BCUT2D eigenvalue weighted by molar-refractivity contribution is 4.76. The molecule has 0 saturated carbocycles. The van der Waals surface area contributed by atoms with Gasteiger partial charge in [0.05, 0.1) is 0 Å². The first-order chi connectivity index (χ1) is 9.81. The van der Waals surface area contributed by atoms with E-state index in [2.05, 4.69) is 32.9 Å². The van der Waals surface area contributed by atoms with Gasteiger partial charge >= 0.3 is 0 Å². The standard InChI is InChI=1S/C20H40/c1-4-6-8-10-12-14-16-18-20(3)19-17-15-13-11-9-7-5-2/h4,6,20H,5,7-19H2,1-3H3/b6-4+. The second-order valence-corrected chi connectivity index (χ2v) is 6.58. The molecule has 0 fully saturated rings. The molecular formula is C20H40. The Hall–Kier alpha value is -0.260. The van der Waals surface area contributed by atoms with Gasteiger partial charge in [-0.05, 0) is 25.7 Å². The molecule has 0 aromatic rings. The second kappa shape index (κ2) is 16.8. The van der Waals surface area contributed by atoms with E-state index < -0.39 is 0 Å².